The van der Waals surface area contributed by atoms with Gasteiger partial charge in [-0.05, 0) is 24.1 Å². The zero-order valence-corrected chi connectivity index (χ0v) is 11.8. The van der Waals surface area contributed by atoms with E-state index in [1.807, 2.05) is 31.2 Å². The largest absolute Gasteiger partial charge is 0.306 e. The third-order valence-electron chi connectivity index (χ3n) is 3.13. The number of hydrogen-bond donors (Lipinski definition) is 1. The maximum absolute atomic E-state index is 10.6. The quantitative estimate of drug-likeness (QED) is 0.666. The van der Waals surface area contributed by atoms with Crippen LogP contribution in [0, 0.1) is 10.1 Å². The van der Waals surface area contributed by atoms with Gasteiger partial charge in [0.1, 0.15) is 0 Å². The van der Waals surface area contributed by atoms with Crippen molar-refractivity contribution in [2.75, 3.05) is 0 Å². The molecule has 4 nitrogen and oxygen atoms in total. The molecule has 5 heteroatoms. The van der Waals surface area contributed by atoms with Gasteiger partial charge in [0.05, 0.1) is 4.92 Å². The molecule has 0 saturated carbocycles. The van der Waals surface area contributed by atoms with Gasteiger partial charge in [-0.3, -0.25) is 10.1 Å². The lowest BCUT2D eigenvalue weighted by molar-refractivity contribution is -0.384. The summed E-state index contributed by atoms with van der Waals surface area (Å²) in [6.07, 6.45) is 0. The Morgan fingerprint density at radius 1 is 1.20 bits per heavy atom. The van der Waals surface area contributed by atoms with Crippen LogP contribution in [-0.2, 0) is 6.54 Å². The number of rotatable bonds is 5. The van der Waals surface area contributed by atoms with E-state index in [9.17, 15) is 10.1 Å². The average molecular weight is 291 g/mol. The summed E-state index contributed by atoms with van der Waals surface area (Å²) in [6.45, 7) is 2.66. The average Bonchev–Trinajstić information content (AvgIpc) is 2.45. The van der Waals surface area contributed by atoms with Crippen molar-refractivity contribution in [3.63, 3.8) is 0 Å². The molecule has 0 radical (unpaired) electrons. The molecular weight excluding hydrogens is 276 g/mol. The second-order valence-electron chi connectivity index (χ2n) is 4.55. The lowest BCUT2D eigenvalue weighted by atomic mass is 10.1. The number of benzene rings is 2. The number of nitro benzene ring substituents is 1. The van der Waals surface area contributed by atoms with Crippen LogP contribution in [0.2, 0.25) is 5.02 Å². The topological polar surface area (TPSA) is 55.2 Å². The zero-order valence-electron chi connectivity index (χ0n) is 11.0. The first-order valence-corrected chi connectivity index (χ1v) is 6.67. The lowest BCUT2D eigenvalue weighted by Gasteiger charge is -2.15. The van der Waals surface area contributed by atoms with E-state index in [-0.39, 0.29) is 11.7 Å². The molecule has 0 amide bonds. The van der Waals surface area contributed by atoms with Crippen LogP contribution >= 0.6 is 11.6 Å². The van der Waals surface area contributed by atoms with Gasteiger partial charge in [0.15, 0.2) is 0 Å². The van der Waals surface area contributed by atoms with Crippen LogP contribution in [0.4, 0.5) is 5.69 Å². The number of halogens is 1. The summed E-state index contributed by atoms with van der Waals surface area (Å²) in [5, 5.41) is 14.7. The summed E-state index contributed by atoms with van der Waals surface area (Å²) in [4.78, 5) is 10.2. The third kappa shape index (κ3) is 3.56. The van der Waals surface area contributed by atoms with Gasteiger partial charge in [-0.25, -0.2) is 0 Å². The molecule has 0 aliphatic heterocycles. The van der Waals surface area contributed by atoms with Crippen molar-refractivity contribution in [3.8, 4) is 0 Å². The highest BCUT2D eigenvalue weighted by atomic mass is 35.5. The van der Waals surface area contributed by atoms with Crippen LogP contribution in [0.15, 0.2) is 48.5 Å². The molecule has 0 saturated heterocycles. The van der Waals surface area contributed by atoms with Crippen LogP contribution in [-0.4, -0.2) is 4.92 Å². The fraction of sp³-hybridized carbons (Fsp3) is 0.200. The van der Waals surface area contributed by atoms with Gasteiger partial charge in [-0.15, -0.1) is 0 Å². The molecule has 2 aromatic rings. The molecule has 0 heterocycles. The number of nitrogens with zero attached hydrogens (tertiary/aromatic N) is 1. The number of nitro groups is 1. The Morgan fingerprint density at radius 2 is 1.85 bits per heavy atom. The first kappa shape index (κ1) is 14.5. The highest BCUT2D eigenvalue weighted by Gasteiger charge is 2.09. The second kappa shape index (κ2) is 6.50. The van der Waals surface area contributed by atoms with E-state index < -0.39 is 4.92 Å². The van der Waals surface area contributed by atoms with Crippen molar-refractivity contribution in [3.05, 3.63) is 74.8 Å². The molecule has 0 spiro atoms. The summed E-state index contributed by atoms with van der Waals surface area (Å²) in [7, 11) is 0. The van der Waals surface area contributed by atoms with Crippen molar-refractivity contribution in [2.24, 2.45) is 0 Å². The van der Waals surface area contributed by atoms with Gasteiger partial charge < -0.3 is 5.32 Å². The molecule has 0 aromatic heterocycles. The van der Waals surface area contributed by atoms with E-state index in [1.54, 1.807) is 12.1 Å². The molecule has 0 fully saturated rings. The van der Waals surface area contributed by atoms with E-state index in [0.29, 0.717) is 6.54 Å². The van der Waals surface area contributed by atoms with Crippen molar-refractivity contribution in [1.29, 1.82) is 0 Å². The Kier molecular flexibility index (Phi) is 4.71. The summed E-state index contributed by atoms with van der Waals surface area (Å²) in [5.41, 5.74) is 2.14. The lowest BCUT2D eigenvalue weighted by Crippen LogP contribution is -2.18. The Morgan fingerprint density at radius 3 is 2.45 bits per heavy atom. The number of nitrogens with one attached hydrogen (secondary N) is 1. The van der Waals surface area contributed by atoms with Gasteiger partial charge in [0.25, 0.3) is 5.69 Å². The van der Waals surface area contributed by atoms with E-state index in [2.05, 4.69) is 5.32 Å². The van der Waals surface area contributed by atoms with Crippen LogP contribution in [0.5, 0.6) is 0 Å². The first-order chi connectivity index (χ1) is 9.58. The molecule has 104 valence electrons. The second-order valence-corrected chi connectivity index (χ2v) is 4.95. The van der Waals surface area contributed by atoms with Gasteiger partial charge in [-0.1, -0.05) is 41.9 Å². The zero-order chi connectivity index (χ0) is 14.5. The Labute approximate surface area is 122 Å². The minimum Gasteiger partial charge on any atom is -0.306 e. The smallest absolute Gasteiger partial charge is 0.269 e. The van der Waals surface area contributed by atoms with Crippen LogP contribution in [0.25, 0.3) is 0 Å². The van der Waals surface area contributed by atoms with Gasteiger partial charge >= 0.3 is 0 Å². The van der Waals surface area contributed by atoms with Gasteiger partial charge in [-0.2, -0.15) is 0 Å². The molecule has 1 N–H and O–H groups in total. The first-order valence-electron chi connectivity index (χ1n) is 6.29. The Hall–Kier alpha value is -1.91. The minimum absolute atomic E-state index is 0.105. The molecule has 1 atom stereocenters. The van der Waals surface area contributed by atoms with Crippen molar-refractivity contribution in [1.82, 2.24) is 5.32 Å². The molecule has 0 aliphatic rings. The van der Waals surface area contributed by atoms with Crippen molar-refractivity contribution in [2.45, 2.75) is 19.5 Å². The predicted octanol–water partition coefficient (Wildman–Crippen LogP) is 4.10. The molecule has 20 heavy (non-hydrogen) atoms. The highest BCUT2D eigenvalue weighted by molar-refractivity contribution is 6.31. The van der Waals surface area contributed by atoms with E-state index >= 15 is 0 Å². The number of non-ortho nitro benzene ring substituents is 1. The molecule has 2 rings (SSSR count). The van der Waals surface area contributed by atoms with Crippen molar-refractivity contribution < 1.29 is 4.92 Å². The molecule has 0 aliphatic carbocycles. The maximum atomic E-state index is 10.6. The minimum atomic E-state index is -0.399. The molecule has 2 aromatic carbocycles. The van der Waals surface area contributed by atoms with Crippen molar-refractivity contribution >= 4 is 17.3 Å². The Bertz CT molecular complexity index is 599. The maximum Gasteiger partial charge on any atom is 0.269 e. The molecule has 0 bridgehead atoms. The summed E-state index contributed by atoms with van der Waals surface area (Å²) in [5.74, 6) is 0. The summed E-state index contributed by atoms with van der Waals surface area (Å²) in [6, 6.07) is 14.3. The predicted molar refractivity (Wildman–Crippen MR) is 79.8 cm³/mol. The van der Waals surface area contributed by atoms with Crippen LogP contribution in [0.3, 0.4) is 0 Å². The van der Waals surface area contributed by atoms with E-state index in [0.717, 1.165) is 16.1 Å². The van der Waals surface area contributed by atoms with Crippen LogP contribution in [0.1, 0.15) is 24.1 Å². The van der Waals surface area contributed by atoms with E-state index in [4.69, 9.17) is 11.6 Å². The monoisotopic (exact) mass is 290 g/mol. The van der Waals surface area contributed by atoms with Crippen LogP contribution < -0.4 is 5.32 Å². The molecular formula is C15H15ClN2O2. The normalized spacial score (nSPS) is 12.1. The number of hydrogen-bond acceptors (Lipinski definition) is 3. The Balaban J connectivity index is 1.98. The van der Waals surface area contributed by atoms with E-state index in [1.165, 1.54) is 12.1 Å². The molecule has 0 unspecified atom stereocenters. The fourth-order valence-corrected chi connectivity index (χ4v) is 2.24. The standard InChI is InChI=1S/C15H15ClN2O2/c1-11(14-4-2-3-5-15(14)16)17-10-12-6-8-13(9-7-12)18(19)20/h2-9,11,17H,10H2,1H3/t11-/m1/s1. The SMILES string of the molecule is C[C@@H](NCc1ccc([N+](=O)[O-])cc1)c1ccccc1Cl. The van der Waals surface area contributed by atoms with Gasteiger partial charge in [0, 0.05) is 29.7 Å². The third-order valence-corrected chi connectivity index (χ3v) is 3.48. The summed E-state index contributed by atoms with van der Waals surface area (Å²) >= 11 is 6.14. The van der Waals surface area contributed by atoms with Gasteiger partial charge in [0.2, 0.25) is 0 Å². The summed E-state index contributed by atoms with van der Waals surface area (Å²) < 4.78 is 0. The highest BCUT2D eigenvalue weighted by Crippen LogP contribution is 2.22. The fourth-order valence-electron chi connectivity index (χ4n) is 1.94.